The molecule has 0 fully saturated rings. The molecule has 4 nitrogen and oxygen atoms in total. The lowest BCUT2D eigenvalue weighted by Crippen LogP contribution is -2.24. The minimum absolute atomic E-state index is 0.0258. The van der Waals surface area contributed by atoms with Crippen molar-refractivity contribution in [3.05, 3.63) is 65.2 Å². The first-order chi connectivity index (χ1) is 12.8. The van der Waals surface area contributed by atoms with Gasteiger partial charge in [0, 0.05) is 30.5 Å². The molecule has 0 radical (unpaired) electrons. The molecule has 0 spiro atoms. The molecule has 0 saturated carbocycles. The van der Waals surface area contributed by atoms with Gasteiger partial charge in [0.2, 0.25) is 5.91 Å². The number of hydrogen-bond donors (Lipinski definition) is 1. The van der Waals surface area contributed by atoms with Crippen LogP contribution in [0.4, 0.5) is 13.2 Å². The average Bonchev–Trinajstić information content (AvgIpc) is 2.64. The lowest BCUT2D eigenvalue weighted by Gasteiger charge is -2.13. The van der Waals surface area contributed by atoms with Gasteiger partial charge in [-0.1, -0.05) is 49.4 Å². The zero-order valence-corrected chi connectivity index (χ0v) is 14.8. The molecule has 0 atom stereocenters. The van der Waals surface area contributed by atoms with E-state index in [1.807, 2.05) is 19.1 Å². The number of ether oxygens (including phenoxy) is 1. The summed E-state index contributed by atoms with van der Waals surface area (Å²) in [4.78, 5) is 24.0. The lowest BCUT2D eigenvalue weighted by atomic mass is 10.0. The van der Waals surface area contributed by atoms with Crippen LogP contribution >= 0.6 is 0 Å². The van der Waals surface area contributed by atoms with Crippen molar-refractivity contribution in [1.82, 2.24) is 5.32 Å². The highest BCUT2D eigenvalue weighted by Crippen LogP contribution is 2.26. The predicted molar refractivity (Wildman–Crippen MR) is 94.4 cm³/mol. The molecule has 0 bridgehead atoms. The maximum absolute atomic E-state index is 12.4. The van der Waals surface area contributed by atoms with Crippen LogP contribution in [-0.4, -0.2) is 18.1 Å². The minimum Gasteiger partial charge on any atom is -0.405 e. The molecular weight excluding hydrogens is 359 g/mol. The van der Waals surface area contributed by atoms with Gasteiger partial charge >= 0.3 is 6.36 Å². The number of para-hydroxylation sites is 1. The first kappa shape index (κ1) is 20.5. The minimum atomic E-state index is -4.81. The van der Waals surface area contributed by atoms with E-state index in [-0.39, 0.29) is 36.5 Å². The third-order valence-electron chi connectivity index (χ3n) is 3.94. The highest BCUT2D eigenvalue weighted by Gasteiger charge is 2.31. The van der Waals surface area contributed by atoms with Crippen molar-refractivity contribution in [3.63, 3.8) is 0 Å². The van der Waals surface area contributed by atoms with Gasteiger partial charge in [-0.05, 0) is 18.1 Å². The predicted octanol–water partition coefficient (Wildman–Crippen LogP) is 4.43. The van der Waals surface area contributed by atoms with Crippen LogP contribution in [0.2, 0.25) is 0 Å². The van der Waals surface area contributed by atoms with Gasteiger partial charge in [0.1, 0.15) is 5.75 Å². The monoisotopic (exact) mass is 379 g/mol. The third-order valence-corrected chi connectivity index (χ3v) is 3.94. The van der Waals surface area contributed by atoms with E-state index in [1.54, 1.807) is 18.2 Å². The Hall–Kier alpha value is -2.83. The van der Waals surface area contributed by atoms with Crippen LogP contribution in [0.25, 0.3) is 0 Å². The number of carbonyl (C=O) groups is 2. The standard InChI is InChI=1S/C20H20F3NO3/c1-2-14-7-9-15(10-8-14)17(25)11-12-19(26)24-13-16-5-3-4-6-18(16)27-20(21,22)23/h3-10H,2,11-13H2,1H3,(H,24,26). The Balaban J connectivity index is 1.85. The molecule has 2 aromatic rings. The van der Waals surface area contributed by atoms with Crippen molar-refractivity contribution in [3.8, 4) is 5.75 Å². The molecule has 2 rings (SSSR count). The number of halogens is 3. The molecule has 27 heavy (non-hydrogen) atoms. The Morgan fingerprint density at radius 2 is 1.67 bits per heavy atom. The topological polar surface area (TPSA) is 55.4 Å². The molecule has 0 aromatic heterocycles. The van der Waals surface area contributed by atoms with Crippen LogP contribution in [-0.2, 0) is 17.8 Å². The highest BCUT2D eigenvalue weighted by molar-refractivity contribution is 5.97. The molecule has 0 unspecified atom stereocenters. The van der Waals surface area contributed by atoms with E-state index in [1.165, 1.54) is 18.2 Å². The van der Waals surface area contributed by atoms with Crippen molar-refractivity contribution in [2.45, 2.75) is 39.1 Å². The normalized spacial score (nSPS) is 11.1. The number of hydrogen-bond acceptors (Lipinski definition) is 3. The molecule has 1 N–H and O–H groups in total. The van der Waals surface area contributed by atoms with E-state index in [0.717, 1.165) is 12.0 Å². The lowest BCUT2D eigenvalue weighted by molar-refractivity contribution is -0.274. The highest BCUT2D eigenvalue weighted by atomic mass is 19.4. The van der Waals surface area contributed by atoms with Gasteiger partial charge in [-0.3, -0.25) is 9.59 Å². The van der Waals surface area contributed by atoms with E-state index in [0.29, 0.717) is 5.56 Å². The Morgan fingerprint density at radius 1 is 1.00 bits per heavy atom. The summed E-state index contributed by atoms with van der Waals surface area (Å²) in [6.07, 6.45) is -3.95. The van der Waals surface area contributed by atoms with Crippen LogP contribution < -0.4 is 10.1 Å². The largest absolute Gasteiger partial charge is 0.573 e. The number of Topliss-reactive ketones (excluding diaryl/α,β-unsaturated/α-hetero) is 1. The van der Waals surface area contributed by atoms with E-state index in [2.05, 4.69) is 10.1 Å². The molecule has 7 heteroatoms. The number of alkyl halides is 3. The number of benzene rings is 2. The van der Waals surface area contributed by atoms with Crippen molar-refractivity contribution < 1.29 is 27.5 Å². The van der Waals surface area contributed by atoms with Crippen molar-refractivity contribution in [1.29, 1.82) is 0 Å². The number of rotatable bonds is 8. The molecule has 0 heterocycles. The van der Waals surface area contributed by atoms with Gasteiger partial charge in [0.15, 0.2) is 5.78 Å². The summed E-state index contributed by atoms with van der Waals surface area (Å²) in [5.74, 6) is -0.943. The summed E-state index contributed by atoms with van der Waals surface area (Å²) in [6.45, 7) is 1.89. The van der Waals surface area contributed by atoms with Crippen molar-refractivity contribution in [2.75, 3.05) is 0 Å². The molecular formula is C20H20F3NO3. The maximum atomic E-state index is 12.4. The summed E-state index contributed by atoms with van der Waals surface area (Å²) >= 11 is 0. The summed E-state index contributed by atoms with van der Waals surface area (Å²) in [5, 5.41) is 2.51. The number of ketones is 1. The molecule has 0 aliphatic carbocycles. The Kier molecular flexibility index (Phi) is 6.98. The van der Waals surface area contributed by atoms with Crippen molar-refractivity contribution >= 4 is 11.7 Å². The summed E-state index contributed by atoms with van der Waals surface area (Å²) < 4.78 is 41.1. The van der Waals surface area contributed by atoms with Gasteiger partial charge in [-0.15, -0.1) is 13.2 Å². The third kappa shape index (κ3) is 6.77. The van der Waals surface area contributed by atoms with Gasteiger partial charge in [-0.2, -0.15) is 0 Å². The van der Waals surface area contributed by atoms with Crippen LogP contribution in [0.15, 0.2) is 48.5 Å². The van der Waals surface area contributed by atoms with Crippen LogP contribution in [0.5, 0.6) is 5.75 Å². The van der Waals surface area contributed by atoms with Gasteiger partial charge in [0.25, 0.3) is 0 Å². The second kappa shape index (κ2) is 9.21. The van der Waals surface area contributed by atoms with E-state index in [9.17, 15) is 22.8 Å². The number of amides is 1. The number of aryl methyl sites for hydroxylation is 1. The zero-order chi connectivity index (χ0) is 19.9. The molecule has 2 aromatic carbocycles. The first-order valence-corrected chi connectivity index (χ1v) is 8.51. The molecule has 0 saturated heterocycles. The Labute approximate surface area is 155 Å². The zero-order valence-electron chi connectivity index (χ0n) is 14.8. The quantitative estimate of drug-likeness (QED) is 0.691. The SMILES string of the molecule is CCc1ccc(C(=O)CCC(=O)NCc2ccccc2OC(F)(F)F)cc1. The van der Waals surface area contributed by atoms with Gasteiger partial charge in [-0.25, -0.2) is 0 Å². The van der Waals surface area contributed by atoms with Crippen LogP contribution in [0.3, 0.4) is 0 Å². The molecule has 0 aliphatic heterocycles. The maximum Gasteiger partial charge on any atom is 0.573 e. The average molecular weight is 379 g/mol. The second-order valence-electron chi connectivity index (χ2n) is 5.91. The summed E-state index contributed by atoms with van der Waals surface area (Å²) in [6, 6.07) is 12.8. The van der Waals surface area contributed by atoms with Crippen LogP contribution in [0.1, 0.15) is 41.3 Å². The number of nitrogens with one attached hydrogen (secondary N) is 1. The fourth-order valence-corrected chi connectivity index (χ4v) is 2.45. The van der Waals surface area contributed by atoms with Crippen molar-refractivity contribution in [2.24, 2.45) is 0 Å². The smallest absolute Gasteiger partial charge is 0.405 e. The number of carbonyl (C=O) groups excluding carboxylic acids is 2. The first-order valence-electron chi connectivity index (χ1n) is 8.51. The molecule has 144 valence electrons. The Morgan fingerprint density at radius 3 is 2.30 bits per heavy atom. The van der Waals surface area contributed by atoms with E-state index in [4.69, 9.17) is 0 Å². The van der Waals surface area contributed by atoms with Gasteiger partial charge < -0.3 is 10.1 Å². The summed E-state index contributed by atoms with van der Waals surface area (Å²) in [5.41, 5.74) is 1.85. The summed E-state index contributed by atoms with van der Waals surface area (Å²) in [7, 11) is 0. The Bertz CT molecular complexity index is 786. The fraction of sp³-hybridized carbons (Fsp3) is 0.300. The fourth-order valence-electron chi connectivity index (χ4n) is 2.45. The van der Waals surface area contributed by atoms with Gasteiger partial charge in [0.05, 0.1) is 0 Å². The molecule has 1 amide bonds. The molecule has 0 aliphatic rings. The van der Waals surface area contributed by atoms with E-state index < -0.39 is 12.3 Å². The second-order valence-corrected chi connectivity index (χ2v) is 5.91. The van der Waals surface area contributed by atoms with Crippen LogP contribution in [0, 0.1) is 0 Å². The van der Waals surface area contributed by atoms with E-state index >= 15 is 0 Å².